The Balaban J connectivity index is 2.34. The molecule has 1 aromatic carbocycles. The molecule has 56 heavy (non-hydrogen) atoms. The van der Waals surface area contributed by atoms with E-state index in [1.807, 2.05) is 58.0 Å². The fourth-order valence-corrected chi connectivity index (χ4v) is 7.92. The molecule has 314 valence electrons. The number of esters is 1. The van der Waals surface area contributed by atoms with Gasteiger partial charge in [0, 0.05) is 39.1 Å². The molecule has 1 aliphatic rings. The van der Waals surface area contributed by atoms with Gasteiger partial charge in [0.15, 0.2) is 0 Å². The van der Waals surface area contributed by atoms with Crippen LogP contribution in [0.5, 0.6) is 0 Å². The molecule has 10 atom stereocenters. The van der Waals surface area contributed by atoms with Gasteiger partial charge in [-0.3, -0.25) is 24.1 Å². The Labute approximate surface area is 332 Å². The van der Waals surface area contributed by atoms with Crippen LogP contribution in [0.3, 0.4) is 0 Å². The maximum Gasteiger partial charge on any atom is 0.328 e. The number of nitrogens with one attached hydrogen (secondary N) is 2. The molecule has 1 fully saturated rings. The summed E-state index contributed by atoms with van der Waals surface area (Å²) >= 11 is 0. The van der Waals surface area contributed by atoms with E-state index in [1.54, 1.807) is 44.8 Å². The van der Waals surface area contributed by atoms with E-state index in [4.69, 9.17) is 14.2 Å². The van der Waals surface area contributed by atoms with Gasteiger partial charge in [0.1, 0.15) is 12.1 Å². The van der Waals surface area contributed by atoms with Crippen molar-refractivity contribution in [2.45, 2.75) is 122 Å². The summed E-state index contributed by atoms with van der Waals surface area (Å²) in [6, 6.07) is 4.74. The molecule has 0 aromatic heterocycles. The second-order valence-corrected chi connectivity index (χ2v) is 15.4. The van der Waals surface area contributed by atoms with Crippen molar-refractivity contribution in [1.29, 1.82) is 0 Å². The number of amides is 4. The van der Waals surface area contributed by atoms with E-state index < -0.39 is 72.2 Å². The normalized spacial score (nSPS) is 19.0. The van der Waals surface area contributed by atoms with Gasteiger partial charge in [0.25, 0.3) is 0 Å². The maximum absolute atomic E-state index is 14.3. The van der Waals surface area contributed by atoms with E-state index in [1.165, 1.54) is 26.2 Å². The Morgan fingerprint density at radius 1 is 0.964 bits per heavy atom. The molecule has 0 spiro atoms. The van der Waals surface area contributed by atoms with Crippen LogP contribution in [0.2, 0.25) is 0 Å². The molecule has 0 bridgehead atoms. The lowest BCUT2D eigenvalue weighted by atomic mass is 9.89. The molecule has 16 nitrogen and oxygen atoms in total. The van der Waals surface area contributed by atoms with E-state index in [2.05, 4.69) is 20.7 Å². The summed E-state index contributed by atoms with van der Waals surface area (Å²) in [5, 5.41) is 9.47. The van der Waals surface area contributed by atoms with Gasteiger partial charge in [0.05, 0.1) is 55.8 Å². The topological polar surface area (TPSA) is 196 Å². The van der Waals surface area contributed by atoms with Crippen molar-refractivity contribution in [3.8, 4) is 0 Å². The lowest BCUT2D eigenvalue weighted by molar-refractivity contribution is -0.148. The molecule has 16 heteroatoms. The third-order valence-corrected chi connectivity index (χ3v) is 11.1. The summed E-state index contributed by atoms with van der Waals surface area (Å²) < 4.78 is 16.9. The molecule has 0 aliphatic carbocycles. The van der Waals surface area contributed by atoms with Crippen molar-refractivity contribution in [3.63, 3.8) is 0 Å². The van der Waals surface area contributed by atoms with Gasteiger partial charge in [-0.25, -0.2) is 4.79 Å². The van der Waals surface area contributed by atoms with Crippen LogP contribution in [-0.2, 0) is 44.6 Å². The SMILES string of the molecule is CC[C@H](C)[C@@H]([C@@H](CC(=O)N1CCC[C@H]1[C@H](OC)[C@@H](C)C(=O)N[C@@H](Cc1ccccc1)C(=O)OC)OC)N(C)C(=O)[C@H](NC(=O)[C@H](C(C)C)N(C)C)[C@H](C)N=[N+]=[N-]. The fourth-order valence-electron chi connectivity index (χ4n) is 7.92. The van der Waals surface area contributed by atoms with Gasteiger partial charge < -0.3 is 34.6 Å². The van der Waals surface area contributed by atoms with Gasteiger partial charge >= 0.3 is 5.97 Å². The Morgan fingerprint density at radius 3 is 2.12 bits per heavy atom. The minimum absolute atomic E-state index is 0.0640. The standard InChI is InChI=1S/C40H66N8O8/c1-13-25(4)35(47(9)39(52)33(27(6)44-45-41)43-38(51)34(24(2)3)46(7)8)31(54-10)23-32(49)48-21-17-20-30(48)36(55-11)26(5)37(50)42-29(40(53)56-12)22-28-18-15-14-16-19-28/h14-16,18-19,24-27,29-31,33-36H,13,17,20-23H2,1-12H3,(H,42,50)(H,43,51)/t25-,26+,27-,29-,30-,31+,33+,34-,35-,36+/m0/s1. The highest BCUT2D eigenvalue weighted by molar-refractivity contribution is 5.91. The van der Waals surface area contributed by atoms with Crippen LogP contribution in [0.15, 0.2) is 35.4 Å². The molecular weight excluding hydrogens is 720 g/mol. The number of carbonyl (C=O) groups is 5. The summed E-state index contributed by atoms with van der Waals surface area (Å²) in [7, 11) is 9.46. The monoisotopic (exact) mass is 787 g/mol. The first kappa shape index (κ1) is 47.9. The number of hydrogen-bond donors (Lipinski definition) is 2. The summed E-state index contributed by atoms with van der Waals surface area (Å²) in [6.07, 6.45) is 0.682. The number of carbonyl (C=O) groups excluding carboxylic acids is 5. The molecule has 4 amide bonds. The second kappa shape index (κ2) is 23.1. The quantitative estimate of drug-likeness (QED) is 0.0765. The van der Waals surface area contributed by atoms with Gasteiger partial charge in [0.2, 0.25) is 23.6 Å². The summed E-state index contributed by atoms with van der Waals surface area (Å²) in [5.41, 5.74) is 10.1. The van der Waals surface area contributed by atoms with Crippen LogP contribution in [-0.4, -0.2) is 142 Å². The number of likely N-dealkylation sites (tertiary alicyclic amines) is 1. The summed E-state index contributed by atoms with van der Waals surface area (Å²) in [6.45, 7) is 11.5. The van der Waals surface area contributed by atoms with E-state index in [9.17, 15) is 29.5 Å². The van der Waals surface area contributed by atoms with Crippen LogP contribution in [0, 0.1) is 17.8 Å². The summed E-state index contributed by atoms with van der Waals surface area (Å²) in [5.74, 6) is -2.98. The molecule has 0 saturated carbocycles. The minimum atomic E-state index is -1.17. The van der Waals surface area contributed by atoms with Crippen molar-refractivity contribution in [2.24, 2.45) is 22.9 Å². The Kier molecular flexibility index (Phi) is 19.8. The Bertz CT molecular complexity index is 1480. The highest BCUT2D eigenvalue weighted by Crippen LogP contribution is 2.30. The number of methoxy groups -OCH3 is 3. The van der Waals surface area contributed by atoms with Crippen LogP contribution in [0.4, 0.5) is 0 Å². The van der Waals surface area contributed by atoms with Crippen molar-refractivity contribution in [3.05, 3.63) is 46.3 Å². The predicted molar refractivity (Wildman–Crippen MR) is 213 cm³/mol. The lowest BCUT2D eigenvalue weighted by Crippen LogP contribution is -2.60. The number of likely N-dealkylation sites (N-methyl/N-ethyl adjacent to an activating group) is 2. The Morgan fingerprint density at radius 2 is 1.61 bits per heavy atom. The molecule has 0 unspecified atom stereocenters. The molecule has 1 heterocycles. The zero-order valence-corrected chi connectivity index (χ0v) is 35.4. The van der Waals surface area contributed by atoms with Gasteiger partial charge in [-0.15, -0.1) is 0 Å². The summed E-state index contributed by atoms with van der Waals surface area (Å²) in [4.78, 5) is 76.3. The third-order valence-electron chi connectivity index (χ3n) is 11.1. The molecule has 1 aromatic rings. The van der Waals surface area contributed by atoms with E-state index in [-0.39, 0.29) is 36.5 Å². The smallest absolute Gasteiger partial charge is 0.328 e. The number of ether oxygens (including phenoxy) is 3. The lowest BCUT2D eigenvalue weighted by Gasteiger charge is -2.41. The number of azide groups is 1. The first-order chi connectivity index (χ1) is 26.5. The average molecular weight is 787 g/mol. The maximum atomic E-state index is 14.3. The van der Waals surface area contributed by atoms with Crippen molar-refractivity contribution in [2.75, 3.05) is 49.0 Å². The molecule has 2 rings (SSSR count). The van der Waals surface area contributed by atoms with Crippen molar-refractivity contribution < 1.29 is 38.2 Å². The van der Waals surface area contributed by atoms with Crippen LogP contribution < -0.4 is 10.6 Å². The average Bonchev–Trinajstić information content (AvgIpc) is 3.65. The van der Waals surface area contributed by atoms with Crippen LogP contribution >= 0.6 is 0 Å². The zero-order chi connectivity index (χ0) is 42.3. The van der Waals surface area contributed by atoms with Crippen molar-refractivity contribution in [1.82, 2.24) is 25.3 Å². The fraction of sp³-hybridized carbons (Fsp3) is 0.725. The van der Waals surface area contributed by atoms with Gasteiger partial charge in [-0.05, 0) is 49.9 Å². The van der Waals surface area contributed by atoms with E-state index in [0.717, 1.165) is 5.56 Å². The highest BCUT2D eigenvalue weighted by Gasteiger charge is 2.43. The first-order valence-electron chi connectivity index (χ1n) is 19.5. The molecule has 2 N–H and O–H groups in total. The molecule has 0 radical (unpaired) electrons. The third kappa shape index (κ3) is 12.6. The first-order valence-corrected chi connectivity index (χ1v) is 19.5. The number of benzene rings is 1. The predicted octanol–water partition coefficient (Wildman–Crippen LogP) is 3.58. The molecule has 1 saturated heterocycles. The van der Waals surface area contributed by atoms with Gasteiger partial charge in [-0.2, -0.15) is 0 Å². The largest absolute Gasteiger partial charge is 0.467 e. The van der Waals surface area contributed by atoms with E-state index >= 15 is 0 Å². The molecular formula is C40H66N8O8. The zero-order valence-electron chi connectivity index (χ0n) is 35.4. The van der Waals surface area contributed by atoms with Crippen molar-refractivity contribution >= 4 is 29.6 Å². The number of rotatable bonds is 22. The molecule has 1 aliphatic heterocycles. The highest BCUT2D eigenvalue weighted by atomic mass is 16.5. The van der Waals surface area contributed by atoms with Gasteiger partial charge in [-0.1, -0.05) is 83.4 Å². The minimum Gasteiger partial charge on any atom is -0.467 e. The second-order valence-electron chi connectivity index (χ2n) is 15.4. The number of hydrogen-bond acceptors (Lipinski definition) is 10. The van der Waals surface area contributed by atoms with Crippen LogP contribution in [0.1, 0.15) is 72.8 Å². The number of nitrogens with zero attached hydrogens (tertiary/aromatic N) is 6. The van der Waals surface area contributed by atoms with Crippen LogP contribution in [0.25, 0.3) is 10.4 Å². The van der Waals surface area contributed by atoms with E-state index in [0.29, 0.717) is 25.8 Å². The Hall–Kier alpha value is -4.24.